The molecule has 3 saturated heterocycles. The Morgan fingerprint density at radius 2 is 1.87 bits per heavy atom. The number of rotatable bonds is 6. The van der Waals surface area contributed by atoms with Crippen LogP contribution in [-0.4, -0.2) is 62.1 Å². The Morgan fingerprint density at radius 1 is 1.16 bits per heavy atom. The van der Waals surface area contributed by atoms with Crippen molar-refractivity contribution in [3.8, 4) is 5.75 Å². The predicted molar refractivity (Wildman–Crippen MR) is 115 cm³/mol. The van der Waals surface area contributed by atoms with Gasteiger partial charge in [0.2, 0.25) is 5.91 Å². The Balaban J connectivity index is 1.46. The Hall–Kier alpha value is -2.45. The van der Waals surface area contributed by atoms with Gasteiger partial charge in [-0.25, -0.2) is 4.90 Å². The number of amides is 3. The molecule has 0 spiro atoms. The van der Waals surface area contributed by atoms with Gasteiger partial charge in [-0.1, -0.05) is 6.07 Å². The Kier molecular flexibility index (Phi) is 6.29. The molecule has 4 N–H and O–H groups in total. The van der Waals surface area contributed by atoms with Crippen LogP contribution in [0.2, 0.25) is 0 Å². The normalized spacial score (nSPS) is 29.9. The van der Waals surface area contributed by atoms with Crippen molar-refractivity contribution in [2.24, 2.45) is 5.73 Å². The number of hydrogen-bond acceptors (Lipinski definition) is 4. The van der Waals surface area contributed by atoms with Crippen molar-refractivity contribution in [3.63, 3.8) is 0 Å². The number of nitrogens with one attached hydrogen (secondary N) is 2. The molecule has 1 atom stereocenters. The summed E-state index contributed by atoms with van der Waals surface area (Å²) in [5.74, 6) is 0.0897. The van der Waals surface area contributed by atoms with Crippen LogP contribution in [-0.2, 0) is 14.4 Å². The molecule has 1 aromatic rings. The summed E-state index contributed by atoms with van der Waals surface area (Å²) in [5.41, 5.74) is 5.94. The third-order valence-electron chi connectivity index (χ3n) is 7.38. The van der Waals surface area contributed by atoms with Crippen molar-refractivity contribution in [2.45, 2.75) is 57.0 Å². The van der Waals surface area contributed by atoms with Crippen molar-refractivity contribution < 1.29 is 28.9 Å². The molecule has 3 aliphatic rings. The van der Waals surface area contributed by atoms with Crippen LogP contribution >= 0.6 is 0 Å². The van der Waals surface area contributed by atoms with Gasteiger partial charge in [-0.2, -0.15) is 0 Å². The highest BCUT2D eigenvalue weighted by atomic mass is 16.5. The number of nitrogens with zero attached hydrogens (tertiary/aromatic N) is 1. The summed E-state index contributed by atoms with van der Waals surface area (Å²) in [6, 6.07) is 6.72. The van der Waals surface area contributed by atoms with Crippen LogP contribution in [0, 0.1) is 0 Å². The second-order valence-electron chi connectivity index (χ2n) is 9.02. The summed E-state index contributed by atoms with van der Waals surface area (Å²) in [4.78, 5) is 42.2. The number of likely N-dealkylation sites (tertiary alicyclic amines) is 2. The van der Waals surface area contributed by atoms with Gasteiger partial charge >= 0.3 is 0 Å². The quantitative estimate of drug-likeness (QED) is 0.488. The van der Waals surface area contributed by atoms with Crippen LogP contribution in [0.25, 0.3) is 0 Å². The van der Waals surface area contributed by atoms with E-state index in [-0.39, 0.29) is 24.1 Å². The summed E-state index contributed by atoms with van der Waals surface area (Å²) in [7, 11) is 0. The average Bonchev–Trinajstić information content (AvgIpc) is 3.08. The molecule has 3 aliphatic heterocycles. The van der Waals surface area contributed by atoms with Gasteiger partial charge in [0.1, 0.15) is 5.75 Å². The molecule has 8 nitrogen and oxygen atoms in total. The molecule has 0 saturated carbocycles. The molecule has 3 heterocycles. The third-order valence-corrected chi connectivity index (χ3v) is 7.38. The van der Waals surface area contributed by atoms with E-state index in [0.29, 0.717) is 44.0 Å². The zero-order chi connectivity index (χ0) is 22.0. The maximum atomic E-state index is 13.2. The minimum atomic E-state index is -0.527. The highest BCUT2D eigenvalue weighted by molar-refractivity contribution is 6.21. The minimum Gasteiger partial charge on any atom is -0.494 e. The Bertz CT molecular complexity index is 844. The first-order valence-corrected chi connectivity index (χ1v) is 11.6. The number of quaternary nitrogens is 2. The minimum absolute atomic E-state index is 0.162. The molecule has 0 radical (unpaired) electrons. The van der Waals surface area contributed by atoms with Gasteiger partial charge in [-0.05, 0) is 38.3 Å². The van der Waals surface area contributed by atoms with Gasteiger partial charge in [-0.3, -0.25) is 14.4 Å². The first-order valence-electron chi connectivity index (χ1n) is 11.6. The van der Waals surface area contributed by atoms with Gasteiger partial charge in [0.25, 0.3) is 11.8 Å². The van der Waals surface area contributed by atoms with Gasteiger partial charge in [0, 0.05) is 6.07 Å². The number of ether oxygens (including phenoxy) is 1. The number of imide groups is 1. The van der Waals surface area contributed by atoms with Crippen molar-refractivity contribution in [2.75, 3.05) is 37.7 Å². The summed E-state index contributed by atoms with van der Waals surface area (Å²) in [6.07, 6.45) is 5.02. The van der Waals surface area contributed by atoms with E-state index in [1.54, 1.807) is 18.2 Å². The first kappa shape index (κ1) is 21.8. The van der Waals surface area contributed by atoms with Gasteiger partial charge in [0.05, 0.1) is 57.7 Å². The number of carbonyl (C=O) groups is 3. The average molecular weight is 431 g/mol. The maximum Gasteiger partial charge on any atom is 0.292 e. The number of nitrogens with two attached hydrogens (primary N) is 1. The maximum absolute atomic E-state index is 13.2. The van der Waals surface area contributed by atoms with Gasteiger partial charge in [0.15, 0.2) is 11.6 Å². The van der Waals surface area contributed by atoms with Crippen LogP contribution in [0.1, 0.15) is 45.4 Å². The lowest BCUT2D eigenvalue weighted by molar-refractivity contribution is -0.978. The lowest BCUT2D eigenvalue weighted by atomic mass is 9.83. The summed E-state index contributed by atoms with van der Waals surface area (Å²) in [6.45, 7) is 5.76. The molecular weight excluding hydrogens is 396 g/mol. The third kappa shape index (κ3) is 4.06. The van der Waals surface area contributed by atoms with Crippen molar-refractivity contribution in [1.29, 1.82) is 0 Å². The highest BCUT2D eigenvalue weighted by Gasteiger charge is 2.54. The second kappa shape index (κ2) is 8.96. The first-order chi connectivity index (χ1) is 15.0. The smallest absolute Gasteiger partial charge is 0.292 e. The van der Waals surface area contributed by atoms with Gasteiger partial charge < -0.3 is 20.3 Å². The van der Waals surface area contributed by atoms with Crippen molar-refractivity contribution in [1.82, 2.24) is 0 Å². The summed E-state index contributed by atoms with van der Waals surface area (Å²) < 4.78 is 5.52. The zero-order valence-corrected chi connectivity index (χ0v) is 18.3. The molecule has 3 fully saturated rings. The number of carbonyl (C=O) groups excluding carboxylic acids is 3. The van der Waals surface area contributed by atoms with E-state index in [4.69, 9.17) is 10.5 Å². The lowest BCUT2D eigenvalue weighted by Crippen LogP contribution is -3.27. The summed E-state index contributed by atoms with van der Waals surface area (Å²) in [5, 5.41) is 0. The second-order valence-corrected chi connectivity index (χ2v) is 9.02. The van der Waals surface area contributed by atoms with Crippen molar-refractivity contribution in [3.05, 3.63) is 24.3 Å². The monoisotopic (exact) mass is 430 g/mol. The molecule has 0 aliphatic carbocycles. The molecule has 1 aromatic carbocycles. The molecule has 31 heavy (non-hydrogen) atoms. The van der Waals surface area contributed by atoms with E-state index >= 15 is 0 Å². The number of anilines is 1. The largest absolute Gasteiger partial charge is 0.494 e. The molecule has 168 valence electrons. The number of piperidine rings is 2. The molecule has 3 amide bonds. The molecule has 0 bridgehead atoms. The van der Waals surface area contributed by atoms with Crippen LogP contribution in [0.4, 0.5) is 5.69 Å². The van der Waals surface area contributed by atoms with Crippen LogP contribution in [0.15, 0.2) is 24.3 Å². The topological polar surface area (TPSA) is 98.6 Å². The Morgan fingerprint density at radius 3 is 2.52 bits per heavy atom. The van der Waals surface area contributed by atoms with E-state index in [1.165, 1.54) is 16.2 Å². The van der Waals surface area contributed by atoms with E-state index in [2.05, 4.69) is 0 Å². The standard InChI is InChI=1S/C23H32N4O4/c1-2-31-18-8-6-7-17(15-18)27-20(28)16-19(21(27)29)25-13-9-23(10-14-25,22(24)30)26-11-4-3-5-12-26/h6-8,15,19H,2-5,9-14,16H2,1H3,(H2,24,30)/p+2. The molecular formula is C23H34N4O4+2. The fourth-order valence-electron chi connectivity index (χ4n) is 5.68. The Labute approximate surface area is 183 Å². The van der Waals surface area contributed by atoms with E-state index < -0.39 is 11.6 Å². The fourth-order valence-corrected chi connectivity index (χ4v) is 5.68. The SMILES string of the molecule is CCOc1cccc(N2C(=O)CC([NH+]3CCC(C(N)=O)([NH+]4CCCCC4)CC3)C2=O)c1. The van der Waals surface area contributed by atoms with Crippen LogP contribution in [0.3, 0.4) is 0 Å². The van der Waals surface area contributed by atoms with E-state index in [9.17, 15) is 14.4 Å². The van der Waals surface area contributed by atoms with Crippen molar-refractivity contribution >= 4 is 23.4 Å². The van der Waals surface area contributed by atoms with E-state index in [1.807, 2.05) is 13.0 Å². The summed E-state index contributed by atoms with van der Waals surface area (Å²) >= 11 is 0. The highest BCUT2D eigenvalue weighted by Crippen LogP contribution is 2.26. The van der Waals surface area contributed by atoms with Crippen LogP contribution < -0.4 is 25.2 Å². The fraction of sp³-hybridized carbons (Fsp3) is 0.609. The lowest BCUT2D eigenvalue weighted by Gasteiger charge is -2.44. The van der Waals surface area contributed by atoms with Gasteiger partial charge in [-0.15, -0.1) is 0 Å². The molecule has 8 heteroatoms. The molecule has 1 unspecified atom stereocenters. The molecule has 4 rings (SSSR count). The number of benzene rings is 1. The molecule has 0 aromatic heterocycles. The number of hydrogen-bond donors (Lipinski definition) is 3. The predicted octanol–water partition coefficient (Wildman–Crippen LogP) is -1.31. The number of primary amides is 1. The van der Waals surface area contributed by atoms with Crippen LogP contribution in [0.5, 0.6) is 5.75 Å². The van der Waals surface area contributed by atoms with E-state index in [0.717, 1.165) is 30.8 Å². The zero-order valence-electron chi connectivity index (χ0n) is 18.3.